The molecular formula is C14H20ClNO. The van der Waals surface area contributed by atoms with E-state index >= 15 is 0 Å². The van der Waals surface area contributed by atoms with Crippen molar-refractivity contribution >= 4 is 16.8 Å². The first kappa shape index (κ1) is 14.2. The molecule has 0 heterocycles. The number of rotatable bonds is 5. The molecule has 0 aliphatic heterocycles. The van der Waals surface area contributed by atoms with E-state index in [9.17, 15) is 4.79 Å². The average molecular weight is 254 g/mol. The molecule has 0 fully saturated rings. The van der Waals surface area contributed by atoms with Gasteiger partial charge in [0.2, 0.25) is 5.24 Å². The normalized spacial score (nSPS) is 12.2. The minimum Gasteiger partial charge on any atom is -0.284 e. The maximum Gasteiger partial charge on any atom is 0.241 e. The standard InChI is InChI=1S/C14H20ClNO/c1-11(2)16(14(3,4)13(15)17)10-12-8-6-5-7-9-12/h5-9,11H,10H2,1-4H3. The van der Waals surface area contributed by atoms with Crippen molar-refractivity contribution in [2.24, 2.45) is 0 Å². The average Bonchev–Trinajstić information content (AvgIpc) is 2.26. The van der Waals surface area contributed by atoms with E-state index < -0.39 is 5.54 Å². The highest BCUT2D eigenvalue weighted by Gasteiger charge is 2.34. The molecule has 17 heavy (non-hydrogen) atoms. The maximum atomic E-state index is 11.5. The van der Waals surface area contributed by atoms with E-state index in [1.807, 2.05) is 32.0 Å². The van der Waals surface area contributed by atoms with Gasteiger partial charge in [-0.05, 0) is 44.9 Å². The number of nitrogens with zero attached hydrogens (tertiary/aromatic N) is 1. The quantitative estimate of drug-likeness (QED) is 0.750. The fourth-order valence-electron chi connectivity index (χ4n) is 1.92. The van der Waals surface area contributed by atoms with Crippen molar-refractivity contribution < 1.29 is 4.79 Å². The van der Waals surface area contributed by atoms with Gasteiger partial charge in [0.15, 0.2) is 0 Å². The fourth-order valence-corrected chi connectivity index (χ4v) is 2.03. The van der Waals surface area contributed by atoms with Crippen LogP contribution in [-0.2, 0) is 11.3 Å². The van der Waals surface area contributed by atoms with Gasteiger partial charge in [-0.3, -0.25) is 9.69 Å². The first-order chi connectivity index (χ1) is 7.85. The van der Waals surface area contributed by atoms with Crippen LogP contribution >= 0.6 is 11.6 Å². The van der Waals surface area contributed by atoms with Gasteiger partial charge >= 0.3 is 0 Å². The summed E-state index contributed by atoms with van der Waals surface area (Å²) in [7, 11) is 0. The van der Waals surface area contributed by atoms with E-state index in [2.05, 4.69) is 30.9 Å². The Morgan fingerprint density at radius 2 is 1.82 bits per heavy atom. The van der Waals surface area contributed by atoms with Crippen LogP contribution in [0.3, 0.4) is 0 Å². The molecule has 0 aliphatic rings. The van der Waals surface area contributed by atoms with Crippen LogP contribution in [0.4, 0.5) is 0 Å². The Morgan fingerprint density at radius 1 is 1.29 bits per heavy atom. The molecule has 3 heteroatoms. The van der Waals surface area contributed by atoms with Crippen LogP contribution < -0.4 is 0 Å². The first-order valence-corrected chi connectivity index (χ1v) is 6.24. The molecule has 2 nitrogen and oxygen atoms in total. The van der Waals surface area contributed by atoms with Gasteiger partial charge in [0.25, 0.3) is 0 Å². The number of hydrogen-bond acceptors (Lipinski definition) is 2. The molecule has 0 saturated carbocycles. The molecule has 1 aromatic rings. The second-order valence-electron chi connectivity index (χ2n) is 5.04. The molecule has 0 unspecified atom stereocenters. The molecule has 0 aromatic heterocycles. The third-order valence-electron chi connectivity index (χ3n) is 3.02. The Labute approximate surface area is 109 Å². The zero-order chi connectivity index (χ0) is 13.1. The summed E-state index contributed by atoms with van der Waals surface area (Å²) < 4.78 is 0. The summed E-state index contributed by atoms with van der Waals surface area (Å²) in [5.74, 6) is 0. The Bertz CT molecular complexity index is 373. The zero-order valence-electron chi connectivity index (χ0n) is 10.9. The third kappa shape index (κ3) is 3.55. The Morgan fingerprint density at radius 3 is 2.24 bits per heavy atom. The van der Waals surface area contributed by atoms with Crippen LogP contribution in [0.15, 0.2) is 30.3 Å². The van der Waals surface area contributed by atoms with Gasteiger partial charge in [-0.25, -0.2) is 0 Å². The molecule has 0 saturated heterocycles. The number of benzene rings is 1. The molecule has 0 bridgehead atoms. The molecule has 0 radical (unpaired) electrons. The Hall–Kier alpha value is -0.860. The fraction of sp³-hybridized carbons (Fsp3) is 0.500. The predicted molar refractivity (Wildman–Crippen MR) is 72.1 cm³/mol. The highest BCUT2D eigenvalue weighted by molar-refractivity contribution is 6.65. The predicted octanol–water partition coefficient (Wildman–Crippen LogP) is 3.44. The molecule has 0 amide bonds. The SMILES string of the molecule is CC(C)N(Cc1ccccc1)C(C)(C)C(=O)Cl. The van der Waals surface area contributed by atoms with Crippen LogP contribution in [-0.4, -0.2) is 21.7 Å². The van der Waals surface area contributed by atoms with Crippen molar-refractivity contribution in [3.05, 3.63) is 35.9 Å². The van der Waals surface area contributed by atoms with Gasteiger partial charge in [0, 0.05) is 12.6 Å². The monoisotopic (exact) mass is 253 g/mol. The van der Waals surface area contributed by atoms with Crippen LogP contribution in [0.25, 0.3) is 0 Å². The minimum absolute atomic E-state index is 0.257. The lowest BCUT2D eigenvalue weighted by atomic mass is 10.0. The van der Waals surface area contributed by atoms with E-state index in [-0.39, 0.29) is 11.3 Å². The summed E-state index contributed by atoms with van der Waals surface area (Å²) >= 11 is 5.69. The van der Waals surface area contributed by atoms with Gasteiger partial charge in [0.05, 0.1) is 5.54 Å². The number of hydrogen-bond donors (Lipinski definition) is 0. The molecule has 0 aliphatic carbocycles. The molecule has 0 N–H and O–H groups in total. The second-order valence-corrected chi connectivity index (χ2v) is 5.38. The molecule has 1 aromatic carbocycles. The van der Waals surface area contributed by atoms with E-state index in [1.54, 1.807) is 0 Å². The molecule has 94 valence electrons. The van der Waals surface area contributed by atoms with Crippen LogP contribution in [0, 0.1) is 0 Å². The van der Waals surface area contributed by atoms with Gasteiger partial charge in [0.1, 0.15) is 0 Å². The number of carbonyl (C=O) groups excluding carboxylic acids is 1. The lowest BCUT2D eigenvalue weighted by Gasteiger charge is -2.38. The van der Waals surface area contributed by atoms with E-state index in [1.165, 1.54) is 5.56 Å². The summed E-state index contributed by atoms with van der Waals surface area (Å²) in [5.41, 5.74) is 0.540. The zero-order valence-corrected chi connectivity index (χ0v) is 11.7. The first-order valence-electron chi connectivity index (χ1n) is 5.86. The van der Waals surface area contributed by atoms with Crippen LogP contribution in [0.2, 0.25) is 0 Å². The summed E-state index contributed by atoms with van der Waals surface area (Å²) in [6.45, 7) is 8.61. The summed E-state index contributed by atoms with van der Waals surface area (Å²) in [4.78, 5) is 13.6. The Kier molecular flexibility index (Phi) is 4.72. The number of halogens is 1. The van der Waals surface area contributed by atoms with Gasteiger partial charge in [-0.2, -0.15) is 0 Å². The van der Waals surface area contributed by atoms with E-state index in [0.717, 1.165) is 6.54 Å². The van der Waals surface area contributed by atoms with Gasteiger partial charge in [-0.15, -0.1) is 0 Å². The topological polar surface area (TPSA) is 20.3 Å². The highest BCUT2D eigenvalue weighted by atomic mass is 35.5. The van der Waals surface area contributed by atoms with Crippen molar-refractivity contribution in [3.8, 4) is 0 Å². The summed E-state index contributed by atoms with van der Waals surface area (Å²) in [5, 5.41) is -0.317. The molecule has 0 atom stereocenters. The van der Waals surface area contributed by atoms with Crippen LogP contribution in [0.1, 0.15) is 33.3 Å². The summed E-state index contributed by atoms with van der Waals surface area (Å²) in [6.07, 6.45) is 0. The smallest absolute Gasteiger partial charge is 0.241 e. The van der Waals surface area contributed by atoms with Crippen molar-refractivity contribution in [2.75, 3.05) is 0 Å². The lowest BCUT2D eigenvalue weighted by molar-refractivity contribution is -0.122. The lowest BCUT2D eigenvalue weighted by Crippen LogP contribution is -2.51. The van der Waals surface area contributed by atoms with Crippen molar-refractivity contribution in [3.63, 3.8) is 0 Å². The molecule has 1 rings (SSSR count). The van der Waals surface area contributed by atoms with Gasteiger partial charge < -0.3 is 0 Å². The number of carbonyl (C=O) groups is 1. The van der Waals surface area contributed by atoms with E-state index in [4.69, 9.17) is 11.6 Å². The maximum absolute atomic E-state index is 11.5. The molecule has 0 spiro atoms. The Balaban J connectivity index is 2.92. The van der Waals surface area contributed by atoms with Gasteiger partial charge in [-0.1, -0.05) is 30.3 Å². The third-order valence-corrected chi connectivity index (χ3v) is 3.48. The summed E-state index contributed by atoms with van der Waals surface area (Å²) in [6, 6.07) is 10.4. The molecular weight excluding hydrogens is 234 g/mol. The highest BCUT2D eigenvalue weighted by Crippen LogP contribution is 2.23. The van der Waals surface area contributed by atoms with Crippen LogP contribution in [0.5, 0.6) is 0 Å². The van der Waals surface area contributed by atoms with E-state index in [0.29, 0.717) is 0 Å². The van der Waals surface area contributed by atoms with Crippen molar-refractivity contribution in [1.29, 1.82) is 0 Å². The largest absolute Gasteiger partial charge is 0.284 e. The second kappa shape index (κ2) is 5.65. The van der Waals surface area contributed by atoms with Crippen molar-refractivity contribution in [2.45, 2.75) is 45.8 Å². The minimum atomic E-state index is -0.647. The van der Waals surface area contributed by atoms with Crippen molar-refractivity contribution in [1.82, 2.24) is 4.90 Å².